The number of hydrogen-bond donors (Lipinski definition) is 1. The van der Waals surface area contributed by atoms with Crippen LogP contribution < -0.4 is 5.73 Å². The molecule has 2 rings (SSSR count). The van der Waals surface area contributed by atoms with E-state index < -0.39 is 10.0 Å². The first-order valence-corrected chi connectivity index (χ1v) is 8.98. The van der Waals surface area contributed by atoms with Gasteiger partial charge in [-0.25, -0.2) is 8.42 Å². The van der Waals surface area contributed by atoms with Crippen molar-refractivity contribution < 1.29 is 8.42 Å². The largest absolute Gasteiger partial charge is 0.398 e. The third kappa shape index (κ3) is 3.09. The number of anilines is 1. The van der Waals surface area contributed by atoms with Crippen LogP contribution in [0, 0.1) is 26.7 Å². The Morgan fingerprint density at radius 2 is 1.81 bits per heavy atom. The van der Waals surface area contributed by atoms with Gasteiger partial charge in [0.1, 0.15) is 0 Å². The van der Waals surface area contributed by atoms with Gasteiger partial charge in [0, 0.05) is 18.3 Å². The fourth-order valence-electron chi connectivity index (χ4n) is 2.71. The molecule has 5 heteroatoms. The molecule has 1 aromatic rings. The molecule has 1 fully saturated rings. The van der Waals surface area contributed by atoms with Gasteiger partial charge in [0.2, 0.25) is 10.0 Å². The maximum absolute atomic E-state index is 13.2. The van der Waals surface area contributed by atoms with E-state index in [1.54, 1.807) is 11.2 Å². The first-order chi connectivity index (χ1) is 9.66. The summed E-state index contributed by atoms with van der Waals surface area (Å²) in [5.41, 5.74) is 8.97. The van der Waals surface area contributed by atoms with Crippen LogP contribution in [0.4, 0.5) is 5.69 Å². The van der Waals surface area contributed by atoms with Gasteiger partial charge in [-0.05, 0) is 62.3 Å². The van der Waals surface area contributed by atoms with Gasteiger partial charge in [0.25, 0.3) is 0 Å². The maximum atomic E-state index is 13.2. The van der Waals surface area contributed by atoms with E-state index >= 15 is 0 Å². The van der Waals surface area contributed by atoms with Crippen molar-refractivity contribution in [2.45, 2.75) is 58.4 Å². The molecule has 0 atom stereocenters. The van der Waals surface area contributed by atoms with E-state index in [2.05, 4.69) is 13.8 Å². The Hall–Kier alpha value is -1.07. The average Bonchev–Trinajstić information content (AvgIpc) is 3.17. The molecule has 1 aromatic carbocycles. The van der Waals surface area contributed by atoms with E-state index in [0.717, 1.165) is 24.0 Å². The Morgan fingerprint density at radius 3 is 2.29 bits per heavy atom. The smallest absolute Gasteiger partial charge is 0.243 e. The zero-order valence-electron chi connectivity index (χ0n) is 13.6. The van der Waals surface area contributed by atoms with E-state index in [0.29, 0.717) is 28.6 Å². The standard InChI is InChI=1S/C16H26N2O2S/c1-10(2)9-18(14-6-7-14)21(19,20)16-12(4)11(3)8-15(17)13(16)5/h8,10,14H,6-7,9,17H2,1-5H3. The van der Waals surface area contributed by atoms with Gasteiger partial charge in [0.05, 0.1) is 4.90 Å². The van der Waals surface area contributed by atoms with Crippen molar-refractivity contribution in [2.75, 3.05) is 12.3 Å². The second-order valence-corrected chi connectivity index (χ2v) is 8.39. The van der Waals surface area contributed by atoms with Gasteiger partial charge in [-0.3, -0.25) is 0 Å². The Bertz CT molecular complexity index is 620. The van der Waals surface area contributed by atoms with E-state index in [-0.39, 0.29) is 6.04 Å². The van der Waals surface area contributed by atoms with Crippen molar-refractivity contribution in [1.29, 1.82) is 0 Å². The third-order valence-corrected chi connectivity index (χ3v) is 6.34. The minimum atomic E-state index is -3.49. The Morgan fingerprint density at radius 1 is 1.24 bits per heavy atom. The van der Waals surface area contributed by atoms with E-state index in [1.807, 2.05) is 19.9 Å². The number of benzene rings is 1. The molecule has 1 aliphatic rings. The van der Waals surface area contributed by atoms with E-state index in [1.165, 1.54) is 0 Å². The summed E-state index contributed by atoms with van der Waals surface area (Å²) in [6, 6.07) is 2.02. The molecular formula is C16H26N2O2S. The highest BCUT2D eigenvalue weighted by Crippen LogP contribution is 2.36. The summed E-state index contributed by atoms with van der Waals surface area (Å²) < 4.78 is 28.0. The number of rotatable bonds is 5. The molecule has 0 unspecified atom stereocenters. The molecule has 1 aliphatic carbocycles. The van der Waals surface area contributed by atoms with Crippen LogP contribution >= 0.6 is 0 Å². The Balaban J connectivity index is 2.57. The molecule has 2 N–H and O–H groups in total. The fraction of sp³-hybridized carbons (Fsp3) is 0.625. The number of nitrogen functional groups attached to an aromatic ring is 1. The molecule has 0 aromatic heterocycles. The second kappa shape index (κ2) is 5.61. The molecule has 0 amide bonds. The van der Waals surface area contributed by atoms with Crippen LogP contribution in [-0.2, 0) is 10.0 Å². The van der Waals surface area contributed by atoms with Gasteiger partial charge >= 0.3 is 0 Å². The van der Waals surface area contributed by atoms with Crippen LogP contribution in [0.25, 0.3) is 0 Å². The highest BCUT2D eigenvalue weighted by atomic mass is 32.2. The minimum absolute atomic E-state index is 0.165. The highest BCUT2D eigenvalue weighted by Gasteiger charge is 2.39. The summed E-state index contributed by atoms with van der Waals surface area (Å²) in [4.78, 5) is 0.410. The van der Waals surface area contributed by atoms with Crippen molar-refractivity contribution >= 4 is 15.7 Å². The van der Waals surface area contributed by atoms with Crippen molar-refractivity contribution in [2.24, 2.45) is 5.92 Å². The van der Waals surface area contributed by atoms with Crippen molar-refractivity contribution in [3.63, 3.8) is 0 Å². The third-order valence-electron chi connectivity index (χ3n) is 4.14. The first-order valence-electron chi connectivity index (χ1n) is 7.54. The fourth-order valence-corrected chi connectivity index (χ4v) is 5.10. The Kier molecular flexibility index (Phi) is 4.36. The number of nitrogens with two attached hydrogens (primary N) is 1. The van der Waals surface area contributed by atoms with Crippen molar-refractivity contribution in [3.05, 3.63) is 22.8 Å². The molecule has 1 saturated carbocycles. The van der Waals surface area contributed by atoms with Crippen molar-refractivity contribution in [1.82, 2.24) is 4.31 Å². The number of nitrogens with zero attached hydrogens (tertiary/aromatic N) is 1. The SMILES string of the molecule is Cc1cc(N)c(C)c(S(=O)(=O)N(CC(C)C)C2CC2)c1C. The predicted molar refractivity (Wildman–Crippen MR) is 86.8 cm³/mol. The summed E-state index contributed by atoms with van der Waals surface area (Å²) in [7, 11) is -3.49. The molecule has 0 spiro atoms. The van der Waals surface area contributed by atoms with E-state index in [4.69, 9.17) is 5.73 Å². The topological polar surface area (TPSA) is 63.4 Å². The predicted octanol–water partition coefficient (Wildman–Crippen LogP) is 3.00. The molecule has 0 aliphatic heterocycles. The maximum Gasteiger partial charge on any atom is 0.243 e. The number of aryl methyl sites for hydroxylation is 1. The lowest BCUT2D eigenvalue weighted by Gasteiger charge is -2.26. The van der Waals surface area contributed by atoms with Gasteiger partial charge in [-0.15, -0.1) is 0 Å². The lowest BCUT2D eigenvalue weighted by molar-refractivity contribution is 0.359. The zero-order chi connectivity index (χ0) is 15.9. The Labute approximate surface area is 128 Å². The molecule has 118 valence electrons. The normalized spacial score (nSPS) is 16.0. The number of sulfonamides is 1. The van der Waals surface area contributed by atoms with Crippen LogP contribution in [0.1, 0.15) is 43.4 Å². The summed E-state index contributed by atoms with van der Waals surface area (Å²) >= 11 is 0. The van der Waals surface area contributed by atoms with Gasteiger partial charge < -0.3 is 5.73 Å². The zero-order valence-corrected chi connectivity index (χ0v) is 14.4. The summed E-state index contributed by atoms with van der Waals surface area (Å²) in [6.07, 6.45) is 1.93. The molecule has 21 heavy (non-hydrogen) atoms. The minimum Gasteiger partial charge on any atom is -0.398 e. The van der Waals surface area contributed by atoms with Crippen LogP contribution in [0.2, 0.25) is 0 Å². The van der Waals surface area contributed by atoms with Gasteiger partial charge in [0.15, 0.2) is 0 Å². The van der Waals surface area contributed by atoms with Crippen molar-refractivity contribution in [3.8, 4) is 0 Å². The van der Waals surface area contributed by atoms with Crippen LogP contribution in [0.3, 0.4) is 0 Å². The van der Waals surface area contributed by atoms with E-state index in [9.17, 15) is 8.42 Å². The molecule has 0 bridgehead atoms. The summed E-state index contributed by atoms with van der Waals surface area (Å²) in [5.74, 6) is 0.308. The molecule has 0 saturated heterocycles. The molecule has 0 radical (unpaired) electrons. The monoisotopic (exact) mass is 310 g/mol. The van der Waals surface area contributed by atoms with Crippen LogP contribution in [0.5, 0.6) is 0 Å². The second-order valence-electron chi connectivity index (χ2n) is 6.56. The van der Waals surface area contributed by atoms with Gasteiger partial charge in [-0.2, -0.15) is 4.31 Å². The quantitative estimate of drug-likeness (QED) is 0.850. The van der Waals surface area contributed by atoms with Crippen LogP contribution in [-0.4, -0.2) is 25.3 Å². The lowest BCUT2D eigenvalue weighted by Crippen LogP contribution is -2.37. The molecule has 4 nitrogen and oxygen atoms in total. The molecule has 0 heterocycles. The first kappa shape index (κ1) is 16.3. The average molecular weight is 310 g/mol. The summed E-state index contributed by atoms with van der Waals surface area (Å²) in [5, 5.41) is 0. The highest BCUT2D eigenvalue weighted by molar-refractivity contribution is 7.89. The summed E-state index contributed by atoms with van der Waals surface area (Å²) in [6.45, 7) is 10.3. The van der Waals surface area contributed by atoms with Gasteiger partial charge in [-0.1, -0.05) is 13.8 Å². The molecular weight excluding hydrogens is 284 g/mol. The number of hydrogen-bond acceptors (Lipinski definition) is 3. The van der Waals surface area contributed by atoms with Crippen LogP contribution in [0.15, 0.2) is 11.0 Å². The lowest BCUT2D eigenvalue weighted by atomic mass is 10.1.